The van der Waals surface area contributed by atoms with Crippen LogP contribution in [0.15, 0.2) is 0 Å². The predicted molar refractivity (Wildman–Crippen MR) is 65.6 cm³/mol. The number of hydrogen-bond donors (Lipinski definition) is 1. The van der Waals surface area contributed by atoms with Crippen LogP contribution in [-0.2, 0) is 9.59 Å². The van der Waals surface area contributed by atoms with E-state index in [0.717, 1.165) is 19.3 Å². The van der Waals surface area contributed by atoms with Gasteiger partial charge in [0, 0.05) is 19.5 Å². The summed E-state index contributed by atoms with van der Waals surface area (Å²) in [6.45, 7) is 5.24. The second-order valence-corrected chi connectivity index (χ2v) is 5.01. The topological polar surface area (TPSA) is 57.6 Å². The van der Waals surface area contributed by atoms with Crippen molar-refractivity contribution in [3.05, 3.63) is 0 Å². The maximum Gasteiger partial charge on any atom is 0.306 e. The van der Waals surface area contributed by atoms with Gasteiger partial charge in [-0.1, -0.05) is 26.7 Å². The summed E-state index contributed by atoms with van der Waals surface area (Å²) in [5, 5.41) is 9.00. The van der Waals surface area contributed by atoms with Crippen molar-refractivity contribution in [3.63, 3.8) is 0 Å². The fourth-order valence-electron chi connectivity index (χ4n) is 2.42. The molecule has 2 unspecified atom stereocenters. The Balaban J connectivity index is 2.38. The third-order valence-corrected chi connectivity index (χ3v) is 3.57. The standard InChI is InChI=1S/C13H23NO3/c1-3-4-5-6-12(15)14-8-7-11(13(16)17)10(2)9-14/h10-11H,3-9H2,1-2H3,(H,16,17). The highest BCUT2D eigenvalue weighted by atomic mass is 16.4. The molecule has 0 spiro atoms. The van der Waals surface area contributed by atoms with Crippen LogP contribution >= 0.6 is 0 Å². The molecular formula is C13H23NO3. The number of nitrogens with zero attached hydrogens (tertiary/aromatic N) is 1. The lowest BCUT2D eigenvalue weighted by atomic mass is 9.87. The third-order valence-electron chi connectivity index (χ3n) is 3.57. The highest BCUT2D eigenvalue weighted by Crippen LogP contribution is 2.24. The minimum atomic E-state index is -0.726. The van der Waals surface area contributed by atoms with Crippen LogP contribution < -0.4 is 0 Å². The number of rotatable bonds is 5. The number of unbranched alkanes of at least 4 members (excludes halogenated alkanes) is 2. The molecule has 17 heavy (non-hydrogen) atoms. The van der Waals surface area contributed by atoms with Crippen molar-refractivity contribution >= 4 is 11.9 Å². The van der Waals surface area contributed by atoms with E-state index >= 15 is 0 Å². The number of carboxylic acids is 1. The van der Waals surface area contributed by atoms with Gasteiger partial charge in [0.2, 0.25) is 5.91 Å². The Morgan fingerprint density at radius 1 is 1.35 bits per heavy atom. The fraction of sp³-hybridized carbons (Fsp3) is 0.846. The Kier molecular flexibility index (Phi) is 5.45. The number of carbonyl (C=O) groups excluding carboxylic acids is 1. The summed E-state index contributed by atoms with van der Waals surface area (Å²) < 4.78 is 0. The van der Waals surface area contributed by atoms with Crippen molar-refractivity contribution in [1.29, 1.82) is 0 Å². The summed E-state index contributed by atoms with van der Waals surface area (Å²) >= 11 is 0. The zero-order chi connectivity index (χ0) is 12.8. The molecule has 0 aromatic rings. The SMILES string of the molecule is CCCCCC(=O)N1CCC(C(=O)O)C(C)C1. The van der Waals surface area contributed by atoms with Gasteiger partial charge in [0.1, 0.15) is 0 Å². The number of hydrogen-bond acceptors (Lipinski definition) is 2. The first-order valence-corrected chi connectivity index (χ1v) is 6.56. The Labute approximate surface area is 103 Å². The van der Waals surface area contributed by atoms with Crippen LogP contribution in [0.3, 0.4) is 0 Å². The monoisotopic (exact) mass is 241 g/mol. The maximum absolute atomic E-state index is 11.9. The molecule has 1 rings (SSSR count). The summed E-state index contributed by atoms with van der Waals surface area (Å²) in [5.41, 5.74) is 0. The van der Waals surface area contributed by atoms with Crippen LogP contribution in [0.2, 0.25) is 0 Å². The van der Waals surface area contributed by atoms with Crippen LogP contribution in [0.1, 0.15) is 46.0 Å². The van der Waals surface area contributed by atoms with E-state index in [1.165, 1.54) is 0 Å². The van der Waals surface area contributed by atoms with Crippen molar-refractivity contribution in [1.82, 2.24) is 4.90 Å². The quantitative estimate of drug-likeness (QED) is 0.750. The van der Waals surface area contributed by atoms with Crippen LogP contribution in [-0.4, -0.2) is 35.0 Å². The molecule has 4 heteroatoms. The van der Waals surface area contributed by atoms with E-state index < -0.39 is 5.97 Å². The minimum Gasteiger partial charge on any atom is -0.481 e. The average molecular weight is 241 g/mol. The molecule has 0 bridgehead atoms. The Hall–Kier alpha value is -1.06. The third kappa shape index (κ3) is 4.02. The van der Waals surface area contributed by atoms with Crippen LogP contribution in [0.25, 0.3) is 0 Å². The van der Waals surface area contributed by atoms with Crippen molar-refractivity contribution in [3.8, 4) is 0 Å². The summed E-state index contributed by atoms with van der Waals surface area (Å²) in [7, 11) is 0. The van der Waals surface area contributed by atoms with Crippen molar-refractivity contribution in [2.45, 2.75) is 46.0 Å². The molecule has 2 atom stereocenters. The molecule has 0 radical (unpaired) electrons. The molecule has 1 N–H and O–H groups in total. The molecule has 1 saturated heterocycles. The Morgan fingerprint density at radius 2 is 2.06 bits per heavy atom. The molecule has 0 saturated carbocycles. The van der Waals surface area contributed by atoms with Gasteiger partial charge in [-0.25, -0.2) is 0 Å². The lowest BCUT2D eigenvalue weighted by Crippen LogP contribution is -2.44. The van der Waals surface area contributed by atoms with E-state index in [9.17, 15) is 9.59 Å². The summed E-state index contributed by atoms with van der Waals surface area (Å²) in [6, 6.07) is 0. The smallest absolute Gasteiger partial charge is 0.306 e. The zero-order valence-electron chi connectivity index (χ0n) is 10.8. The number of aliphatic carboxylic acids is 1. The molecule has 4 nitrogen and oxygen atoms in total. The molecule has 0 aromatic heterocycles. The number of carboxylic acid groups (broad SMARTS) is 1. The number of amides is 1. The van der Waals surface area contributed by atoms with E-state index in [2.05, 4.69) is 6.92 Å². The average Bonchev–Trinajstić information content (AvgIpc) is 2.28. The maximum atomic E-state index is 11.9. The first-order chi connectivity index (χ1) is 8.06. The zero-order valence-corrected chi connectivity index (χ0v) is 10.8. The van der Waals surface area contributed by atoms with Crippen molar-refractivity contribution in [2.24, 2.45) is 11.8 Å². The Bertz CT molecular complexity index is 278. The van der Waals surface area contributed by atoms with Gasteiger partial charge in [0.15, 0.2) is 0 Å². The summed E-state index contributed by atoms with van der Waals surface area (Å²) in [4.78, 5) is 24.7. The van der Waals surface area contributed by atoms with Gasteiger partial charge in [-0.15, -0.1) is 0 Å². The van der Waals surface area contributed by atoms with Gasteiger partial charge in [-0.3, -0.25) is 9.59 Å². The van der Waals surface area contributed by atoms with Gasteiger partial charge in [-0.2, -0.15) is 0 Å². The molecule has 0 aliphatic carbocycles. The van der Waals surface area contributed by atoms with Crippen LogP contribution in [0.5, 0.6) is 0 Å². The molecule has 0 aromatic carbocycles. The first kappa shape index (κ1) is 14.0. The number of piperidine rings is 1. The van der Waals surface area contributed by atoms with Crippen LogP contribution in [0, 0.1) is 11.8 Å². The molecule has 98 valence electrons. The predicted octanol–water partition coefficient (Wildman–Crippen LogP) is 2.14. The van der Waals surface area contributed by atoms with E-state index in [0.29, 0.717) is 25.9 Å². The highest BCUT2D eigenvalue weighted by molar-refractivity contribution is 5.77. The lowest BCUT2D eigenvalue weighted by Gasteiger charge is -2.35. The van der Waals surface area contributed by atoms with Gasteiger partial charge in [0.05, 0.1) is 5.92 Å². The molecule has 1 aliphatic heterocycles. The minimum absolute atomic E-state index is 0.0661. The van der Waals surface area contributed by atoms with E-state index in [4.69, 9.17) is 5.11 Å². The van der Waals surface area contributed by atoms with Gasteiger partial charge in [0.25, 0.3) is 0 Å². The number of carbonyl (C=O) groups is 2. The lowest BCUT2D eigenvalue weighted by molar-refractivity contribution is -0.148. The van der Waals surface area contributed by atoms with Crippen molar-refractivity contribution < 1.29 is 14.7 Å². The molecule has 1 fully saturated rings. The normalized spacial score (nSPS) is 24.7. The van der Waals surface area contributed by atoms with E-state index in [1.807, 2.05) is 11.8 Å². The van der Waals surface area contributed by atoms with Gasteiger partial charge in [-0.05, 0) is 18.8 Å². The Morgan fingerprint density at radius 3 is 2.59 bits per heavy atom. The fourth-order valence-corrected chi connectivity index (χ4v) is 2.42. The van der Waals surface area contributed by atoms with E-state index in [-0.39, 0.29) is 17.7 Å². The number of likely N-dealkylation sites (tertiary alicyclic amines) is 1. The van der Waals surface area contributed by atoms with Gasteiger partial charge >= 0.3 is 5.97 Å². The molecule has 1 amide bonds. The van der Waals surface area contributed by atoms with Crippen molar-refractivity contribution in [2.75, 3.05) is 13.1 Å². The molecular weight excluding hydrogens is 218 g/mol. The van der Waals surface area contributed by atoms with Gasteiger partial charge < -0.3 is 10.0 Å². The molecule has 1 heterocycles. The summed E-state index contributed by atoms with van der Waals surface area (Å²) in [6.07, 6.45) is 4.36. The largest absolute Gasteiger partial charge is 0.481 e. The first-order valence-electron chi connectivity index (χ1n) is 6.56. The highest BCUT2D eigenvalue weighted by Gasteiger charge is 2.32. The second-order valence-electron chi connectivity index (χ2n) is 5.01. The van der Waals surface area contributed by atoms with Crippen LogP contribution in [0.4, 0.5) is 0 Å². The van der Waals surface area contributed by atoms with E-state index in [1.54, 1.807) is 0 Å². The summed E-state index contributed by atoms with van der Waals surface area (Å²) in [5.74, 6) is -0.754. The second kappa shape index (κ2) is 6.62. The molecule has 1 aliphatic rings.